The van der Waals surface area contributed by atoms with Crippen LogP contribution in [0.3, 0.4) is 0 Å². The molecule has 0 bridgehead atoms. The number of hydrogen-bond acceptors (Lipinski definition) is 3. The lowest BCUT2D eigenvalue weighted by atomic mass is 10.1. The van der Waals surface area contributed by atoms with E-state index in [1.807, 2.05) is 36.1 Å². The van der Waals surface area contributed by atoms with Gasteiger partial charge in [0, 0.05) is 16.8 Å². The van der Waals surface area contributed by atoms with Crippen LogP contribution in [0.15, 0.2) is 64.6 Å². The minimum Gasteiger partial charge on any atom is -0.275 e. The molecule has 4 heteroatoms. The fourth-order valence-corrected chi connectivity index (χ4v) is 4.37. The topological polar surface area (TPSA) is 33.2 Å². The maximum absolute atomic E-state index is 13.4. The van der Waals surface area contributed by atoms with Crippen molar-refractivity contribution in [2.45, 2.75) is 30.7 Å². The van der Waals surface area contributed by atoms with Crippen LogP contribution in [0.25, 0.3) is 0 Å². The van der Waals surface area contributed by atoms with Gasteiger partial charge in [0.25, 0.3) is 5.91 Å². The first-order valence-electron chi connectivity index (χ1n) is 8.20. The predicted molar refractivity (Wildman–Crippen MR) is 102 cm³/mol. The van der Waals surface area contributed by atoms with Gasteiger partial charge in [-0.25, -0.2) is 4.98 Å². The molecule has 124 valence electrons. The normalized spacial score (nSPS) is 13.2. The second-order valence-electron chi connectivity index (χ2n) is 6.37. The molecule has 0 unspecified atom stereocenters. The Kier molecular flexibility index (Phi) is 3.85. The minimum absolute atomic E-state index is 0.0337. The molecule has 25 heavy (non-hydrogen) atoms. The minimum atomic E-state index is -0.0337. The summed E-state index contributed by atoms with van der Waals surface area (Å²) >= 11 is 1.55. The number of carbonyl (C=O) groups is 1. The number of para-hydroxylation sites is 1. The number of rotatable bonds is 1. The van der Waals surface area contributed by atoms with Gasteiger partial charge in [-0.05, 0) is 67.8 Å². The molecule has 0 atom stereocenters. The van der Waals surface area contributed by atoms with Crippen molar-refractivity contribution in [2.75, 3.05) is 4.90 Å². The quantitative estimate of drug-likeness (QED) is 0.587. The van der Waals surface area contributed by atoms with Crippen LogP contribution in [0.4, 0.5) is 11.4 Å². The molecule has 0 radical (unpaired) electrons. The number of benzene rings is 2. The highest BCUT2D eigenvalue weighted by molar-refractivity contribution is 7.99. The number of nitrogens with zero attached hydrogens (tertiary/aromatic N) is 2. The van der Waals surface area contributed by atoms with E-state index in [1.165, 1.54) is 0 Å². The van der Waals surface area contributed by atoms with Crippen LogP contribution in [0, 0.1) is 20.8 Å². The third-order valence-corrected chi connectivity index (χ3v) is 5.37. The van der Waals surface area contributed by atoms with Gasteiger partial charge in [-0.2, -0.15) is 0 Å². The number of anilines is 2. The summed E-state index contributed by atoms with van der Waals surface area (Å²) in [4.78, 5) is 20.8. The van der Waals surface area contributed by atoms with Crippen LogP contribution in [0.2, 0.25) is 0 Å². The summed E-state index contributed by atoms with van der Waals surface area (Å²) in [7, 11) is 0. The summed E-state index contributed by atoms with van der Waals surface area (Å²) in [5, 5.41) is 0.756. The van der Waals surface area contributed by atoms with Crippen molar-refractivity contribution in [2.24, 2.45) is 0 Å². The molecule has 1 aliphatic rings. The molecule has 1 amide bonds. The fraction of sp³-hybridized carbons (Fsp3) is 0.143. The smallest absolute Gasteiger partial charge is 0.265 e. The molecule has 2 heterocycles. The SMILES string of the molecule is Cc1cc(C)cc(N2C(=O)c3cccnc3Sc3cccc(C)c32)c1. The summed E-state index contributed by atoms with van der Waals surface area (Å²) in [5.74, 6) is -0.0337. The predicted octanol–water partition coefficient (Wildman–Crippen LogP) is 5.45. The standard InChI is InChI=1S/C21H18N2OS/c1-13-10-14(2)12-16(11-13)23-19-15(3)6-4-8-18(19)25-20-17(21(23)24)7-5-9-22-20/h4-12H,1-3H3. The van der Waals surface area contributed by atoms with E-state index >= 15 is 0 Å². The van der Waals surface area contributed by atoms with Gasteiger partial charge in [0.2, 0.25) is 0 Å². The first kappa shape index (κ1) is 15.9. The molecule has 4 rings (SSSR count). The Morgan fingerprint density at radius 1 is 0.960 bits per heavy atom. The Labute approximate surface area is 151 Å². The van der Waals surface area contributed by atoms with Crippen LogP contribution in [-0.2, 0) is 0 Å². The summed E-state index contributed by atoms with van der Waals surface area (Å²) in [6, 6.07) is 16.0. The zero-order valence-electron chi connectivity index (χ0n) is 14.4. The van der Waals surface area contributed by atoms with Gasteiger partial charge in [0.05, 0.1) is 11.3 Å². The highest BCUT2D eigenvalue weighted by atomic mass is 32.2. The van der Waals surface area contributed by atoms with Gasteiger partial charge in [0.1, 0.15) is 5.03 Å². The number of fused-ring (bicyclic) bond motifs is 2. The van der Waals surface area contributed by atoms with E-state index in [0.717, 1.165) is 38.0 Å². The van der Waals surface area contributed by atoms with E-state index in [4.69, 9.17) is 0 Å². The summed E-state index contributed by atoms with van der Waals surface area (Å²) in [6.07, 6.45) is 1.74. The first-order chi connectivity index (χ1) is 12.0. The molecule has 0 saturated heterocycles. The number of hydrogen-bond donors (Lipinski definition) is 0. The van der Waals surface area contributed by atoms with Crippen molar-refractivity contribution in [3.8, 4) is 0 Å². The van der Waals surface area contributed by atoms with Crippen LogP contribution in [0.5, 0.6) is 0 Å². The highest BCUT2D eigenvalue weighted by Crippen LogP contribution is 2.45. The molecule has 2 aromatic carbocycles. The number of aromatic nitrogens is 1. The second kappa shape index (κ2) is 6.05. The van der Waals surface area contributed by atoms with Gasteiger partial charge in [0.15, 0.2) is 0 Å². The van der Waals surface area contributed by atoms with Crippen molar-refractivity contribution in [1.29, 1.82) is 0 Å². The molecule has 0 N–H and O–H groups in total. The van der Waals surface area contributed by atoms with Gasteiger partial charge >= 0.3 is 0 Å². The summed E-state index contributed by atoms with van der Waals surface area (Å²) < 4.78 is 0. The van der Waals surface area contributed by atoms with E-state index in [1.54, 1.807) is 18.0 Å². The average Bonchev–Trinajstić information content (AvgIpc) is 2.69. The Morgan fingerprint density at radius 3 is 2.48 bits per heavy atom. The maximum Gasteiger partial charge on any atom is 0.265 e. The molecule has 1 aliphatic heterocycles. The van der Waals surface area contributed by atoms with Crippen molar-refractivity contribution in [3.63, 3.8) is 0 Å². The van der Waals surface area contributed by atoms with E-state index in [9.17, 15) is 4.79 Å². The third kappa shape index (κ3) is 2.72. The van der Waals surface area contributed by atoms with Gasteiger partial charge in [-0.3, -0.25) is 9.69 Å². The molecule has 0 saturated carbocycles. The van der Waals surface area contributed by atoms with Crippen LogP contribution >= 0.6 is 11.8 Å². The van der Waals surface area contributed by atoms with Gasteiger partial charge in [-0.1, -0.05) is 30.0 Å². The second-order valence-corrected chi connectivity index (χ2v) is 7.40. The van der Waals surface area contributed by atoms with Crippen LogP contribution < -0.4 is 4.90 Å². The number of amides is 1. The lowest BCUT2D eigenvalue weighted by Gasteiger charge is -2.25. The van der Waals surface area contributed by atoms with Crippen molar-refractivity contribution < 1.29 is 4.79 Å². The number of pyridine rings is 1. The summed E-state index contributed by atoms with van der Waals surface area (Å²) in [6.45, 7) is 6.16. The zero-order valence-corrected chi connectivity index (χ0v) is 15.2. The largest absolute Gasteiger partial charge is 0.275 e. The summed E-state index contributed by atoms with van der Waals surface area (Å²) in [5.41, 5.74) is 5.84. The van der Waals surface area contributed by atoms with Gasteiger partial charge in [-0.15, -0.1) is 0 Å². The zero-order chi connectivity index (χ0) is 17.6. The number of aryl methyl sites for hydroxylation is 3. The van der Waals surface area contributed by atoms with Crippen molar-refractivity contribution >= 4 is 29.0 Å². The van der Waals surface area contributed by atoms with Crippen LogP contribution in [-0.4, -0.2) is 10.9 Å². The molecule has 3 aromatic rings. The van der Waals surface area contributed by atoms with Crippen molar-refractivity contribution in [1.82, 2.24) is 4.98 Å². The van der Waals surface area contributed by atoms with E-state index in [2.05, 4.69) is 43.1 Å². The number of carbonyl (C=O) groups excluding carboxylic acids is 1. The Balaban J connectivity index is 2.03. The molecule has 3 nitrogen and oxygen atoms in total. The average molecular weight is 346 g/mol. The monoisotopic (exact) mass is 346 g/mol. The van der Waals surface area contributed by atoms with Crippen molar-refractivity contribution in [3.05, 3.63) is 77.0 Å². The molecule has 0 aliphatic carbocycles. The molecule has 0 fully saturated rings. The lowest BCUT2D eigenvalue weighted by Crippen LogP contribution is -2.26. The molecular formula is C21H18N2OS. The maximum atomic E-state index is 13.4. The van der Waals surface area contributed by atoms with E-state index < -0.39 is 0 Å². The highest BCUT2D eigenvalue weighted by Gasteiger charge is 2.30. The third-order valence-electron chi connectivity index (χ3n) is 4.30. The molecule has 0 spiro atoms. The molecule has 1 aromatic heterocycles. The Morgan fingerprint density at radius 2 is 1.72 bits per heavy atom. The fourth-order valence-electron chi connectivity index (χ4n) is 3.29. The molecular weight excluding hydrogens is 328 g/mol. The van der Waals surface area contributed by atoms with E-state index in [0.29, 0.717) is 5.56 Å². The first-order valence-corrected chi connectivity index (χ1v) is 9.01. The van der Waals surface area contributed by atoms with Crippen LogP contribution in [0.1, 0.15) is 27.0 Å². The lowest BCUT2D eigenvalue weighted by molar-refractivity contribution is 0.0996. The van der Waals surface area contributed by atoms with Gasteiger partial charge < -0.3 is 0 Å². The Hall–Kier alpha value is -2.59. The Bertz CT molecular complexity index is 977. The van der Waals surface area contributed by atoms with E-state index in [-0.39, 0.29) is 5.91 Å².